The van der Waals surface area contributed by atoms with E-state index in [1.807, 2.05) is 37.3 Å². The molecule has 0 bridgehead atoms. The van der Waals surface area contributed by atoms with E-state index in [4.69, 9.17) is 14.2 Å². The third-order valence-corrected chi connectivity index (χ3v) is 3.87. The number of fused-ring (bicyclic) bond motifs is 1. The number of benzene rings is 1. The van der Waals surface area contributed by atoms with Crippen molar-refractivity contribution < 1.29 is 23.8 Å². The number of Topliss-reactive ketones (excluding diaryl/α,β-unsaturated/α-hetero) is 1. The van der Waals surface area contributed by atoms with Crippen molar-refractivity contribution in [2.45, 2.75) is 26.4 Å². The first kappa shape index (κ1) is 15.3. The first-order chi connectivity index (χ1) is 11.2. The molecule has 1 aliphatic heterocycles. The van der Waals surface area contributed by atoms with E-state index >= 15 is 0 Å². The van der Waals surface area contributed by atoms with Crippen LogP contribution in [0.2, 0.25) is 0 Å². The second-order valence-electron chi connectivity index (χ2n) is 5.50. The summed E-state index contributed by atoms with van der Waals surface area (Å²) in [6.45, 7) is 2.85. The summed E-state index contributed by atoms with van der Waals surface area (Å²) in [5.41, 5.74) is 2.22. The average Bonchev–Trinajstić information content (AvgIpc) is 2.60. The van der Waals surface area contributed by atoms with Gasteiger partial charge in [-0.25, -0.2) is 4.79 Å². The monoisotopic (exact) mass is 314 g/mol. The van der Waals surface area contributed by atoms with E-state index in [2.05, 4.69) is 0 Å². The Morgan fingerprint density at radius 2 is 1.74 bits per heavy atom. The summed E-state index contributed by atoms with van der Waals surface area (Å²) in [6, 6.07) is 9.25. The topological polar surface area (TPSA) is 61.8 Å². The standard InChI is InChI=1S/C18H18O5/c1-12-7-8-14(17-16(12)21-9-10-22-17)15(19)18(20)23-11-13-5-3-2-4-6-13/h2-6H,7-11H2,1H3. The molecule has 3 rings (SSSR count). The summed E-state index contributed by atoms with van der Waals surface area (Å²) in [4.78, 5) is 24.4. The van der Waals surface area contributed by atoms with Crippen LogP contribution < -0.4 is 0 Å². The van der Waals surface area contributed by atoms with Gasteiger partial charge < -0.3 is 14.2 Å². The maximum absolute atomic E-state index is 12.4. The molecule has 1 fully saturated rings. The fourth-order valence-corrected chi connectivity index (χ4v) is 2.63. The Bertz CT molecular complexity index is 685. The van der Waals surface area contributed by atoms with Crippen molar-refractivity contribution in [3.8, 4) is 0 Å². The number of rotatable bonds is 4. The second-order valence-corrected chi connectivity index (χ2v) is 5.50. The first-order valence-electron chi connectivity index (χ1n) is 7.61. The molecule has 0 amide bonds. The number of ketones is 1. The number of allylic oxidation sites excluding steroid dienone is 1. The van der Waals surface area contributed by atoms with Crippen molar-refractivity contribution in [3.05, 3.63) is 58.6 Å². The fourth-order valence-electron chi connectivity index (χ4n) is 2.63. The molecule has 1 aliphatic carbocycles. The normalized spacial score (nSPS) is 17.1. The van der Waals surface area contributed by atoms with E-state index in [9.17, 15) is 9.59 Å². The highest BCUT2D eigenvalue weighted by Gasteiger charge is 2.32. The quantitative estimate of drug-likeness (QED) is 0.631. The number of carbonyl (C=O) groups excluding carboxylic acids is 2. The lowest BCUT2D eigenvalue weighted by atomic mass is 9.93. The van der Waals surface area contributed by atoms with Gasteiger partial charge in [0.1, 0.15) is 19.8 Å². The molecule has 0 atom stereocenters. The van der Waals surface area contributed by atoms with Crippen LogP contribution in [0.4, 0.5) is 0 Å². The molecule has 0 unspecified atom stereocenters. The maximum Gasteiger partial charge on any atom is 0.379 e. The van der Waals surface area contributed by atoms with Crippen LogP contribution in [-0.2, 0) is 30.4 Å². The second kappa shape index (κ2) is 6.69. The highest BCUT2D eigenvalue weighted by molar-refractivity contribution is 6.40. The Kier molecular flexibility index (Phi) is 4.46. The van der Waals surface area contributed by atoms with E-state index in [1.54, 1.807) is 0 Å². The number of esters is 1. The van der Waals surface area contributed by atoms with Crippen LogP contribution >= 0.6 is 0 Å². The van der Waals surface area contributed by atoms with Crippen LogP contribution in [0.3, 0.4) is 0 Å². The molecule has 1 aromatic rings. The molecule has 0 saturated carbocycles. The van der Waals surface area contributed by atoms with Gasteiger partial charge in [-0.2, -0.15) is 0 Å². The van der Waals surface area contributed by atoms with Gasteiger partial charge in [-0.1, -0.05) is 30.3 Å². The molecular weight excluding hydrogens is 296 g/mol. The third kappa shape index (κ3) is 3.28. The number of carbonyl (C=O) groups is 2. The predicted octanol–water partition coefficient (Wildman–Crippen LogP) is 2.67. The predicted molar refractivity (Wildman–Crippen MR) is 82.1 cm³/mol. The Morgan fingerprint density at radius 1 is 1.04 bits per heavy atom. The van der Waals surface area contributed by atoms with Gasteiger partial charge >= 0.3 is 5.97 Å². The van der Waals surface area contributed by atoms with Crippen LogP contribution in [0.1, 0.15) is 25.3 Å². The summed E-state index contributed by atoms with van der Waals surface area (Å²) < 4.78 is 16.3. The van der Waals surface area contributed by atoms with Crippen molar-refractivity contribution in [1.29, 1.82) is 0 Å². The minimum Gasteiger partial charge on any atom is -0.486 e. The van der Waals surface area contributed by atoms with Gasteiger partial charge in [0.15, 0.2) is 11.5 Å². The highest BCUT2D eigenvalue weighted by atomic mass is 16.6. The molecule has 0 spiro atoms. The summed E-state index contributed by atoms with van der Waals surface area (Å²) in [5.74, 6) is -0.501. The van der Waals surface area contributed by atoms with Crippen molar-refractivity contribution >= 4 is 11.8 Å². The lowest BCUT2D eigenvalue weighted by Crippen LogP contribution is -2.26. The van der Waals surface area contributed by atoms with Gasteiger partial charge in [-0.15, -0.1) is 0 Å². The Balaban J connectivity index is 1.73. The van der Waals surface area contributed by atoms with Gasteiger partial charge in [0, 0.05) is 0 Å². The Morgan fingerprint density at radius 3 is 2.48 bits per heavy atom. The Hall–Kier alpha value is -2.56. The Labute approximate surface area is 134 Å². The molecule has 0 N–H and O–H groups in total. The third-order valence-electron chi connectivity index (χ3n) is 3.87. The summed E-state index contributed by atoms with van der Waals surface area (Å²) in [5, 5.41) is 0. The van der Waals surface area contributed by atoms with E-state index in [1.165, 1.54) is 0 Å². The van der Waals surface area contributed by atoms with Crippen LogP contribution in [0, 0.1) is 0 Å². The van der Waals surface area contributed by atoms with Crippen LogP contribution in [-0.4, -0.2) is 25.0 Å². The van der Waals surface area contributed by atoms with Gasteiger partial charge in [-0.3, -0.25) is 4.79 Å². The average molecular weight is 314 g/mol. The van der Waals surface area contributed by atoms with Gasteiger partial charge in [0.05, 0.1) is 5.57 Å². The molecule has 23 heavy (non-hydrogen) atoms. The van der Waals surface area contributed by atoms with Crippen LogP contribution in [0.25, 0.3) is 0 Å². The molecule has 0 aromatic heterocycles. The largest absolute Gasteiger partial charge is 0.486 e. The van der Waals surface area contributed by atoms with Gasteiger partial charge in [-0.05, 0) is 30.9 Å². The molecule has 120 valence electrons. The van der Waals surface area contributed by atoms with Crippen molar-refractivity contribution in [2.75, 3.05) is 13.2 Å². The molecule has 5 heteroatoms. The molecule has 1 aromatic carbocycles. The zero-order chi connectivity index (χ0) is 16.2. The van der Waals surface area contributed by atoms with E-state index < -0.39 is 11.8 Å². The SMILES string of the molecule is CC1=C2OCCOC2=C(C(=O)C(=O)OCc2ccccc2)CC1. The smallest absolute Gasteiger partial charge is 0.379 e. The van der Waals surface area contributed by atoms with Crippen LogP contribution in [0.5, 0.6) is 0 Å². The molecule has 0 radical (unpaired) electrons. The highest BCUT2D eigenvalue weighted by Crippen LogP contribution is 2.34. The molecule has 2 aliphatic rings. The first-order valence-corrected chi connectivity index (χ1v) is 7.61. The van der Waals surface area contributed by atoms with Crippen molar-refractivity contribution in [1.82, 2.24) is 0 Å². The van der Waals surface area contributed by atoms with Crippen molar-refractivity contribution in [3.63, 3.8) is 0 Å². The van der Waals surface area contributed by atoms with E-state index in [0.29, 0.717) is 43.1 Å². The number of hydrogen-bond donors (Lipinski definition) is 0. The summed E-state index contributed by atoms with van der Waals surface area (Å²) >= 11 is 0. The van der Waals surface area contributed by atoms with Crippen LogP contribution in [0.15, 0.2) is 53.0 Å². The molecule has 5 nitrogen and oxygen atoms in total. The zero-order valence-corrected chi connectivity index (χ0v) is 13.0. The molecule has 1 saturated heterocycles. The summed E-state index contributed by atoms with van der Waals surface area (Å²) in [7, 11) is 0. The maximum atomic E-state index is 12.4. The minimum atomic E-state index is -0.857. The fraction of sp³-hybridized carbons (Fsp3) is 0.333. The lowest BCUT2D eigenvalue weighted by Gasteiger charge is -2.28. The summed E-state index contributed by atoms with van der Waals surface area (Å²) in [6.07, 6.45) is 1.14. The number of hydrogen-bond acceptors (Lipinski definition) is 5. The lowest BCUT2D eigenvalue weighted by molar-refractivity contribution is -0.153. The van der Waals surface area contributed by atoms with E-state index in [-0.39, 0.29) is 6.61 Å². The van der Waals surface area contributed by atoms with Crippen molar-refractivity contribution in [2.24, 2.45) is 0 Å². The van der Waals surface area contributed by atoms with E-state index in [0.717, 1.165) is 11.1 Å². The molecular formula is C18H18O5. The number of ether oxygens (including phenoxy) is 3. The van der Waals surface area contributed by atoms with Gasteiger partial charge in [0.25, 0.3) is 5.78 Å². The van der Waals surface area contributed by atoms with Gasteiger partial charge in [0.2, 0.25) is 0 Å². The minimum absolute atomic E-state index is 0.0765. The molecule has 1 heterocycles. The zero-order valence-electron chi connectivity index (χ0n) is 13.0.